The molecule has 7 heteroatoms. The summed E-state index contributed by atoms with van der Waals surface area (Å²) in [5.74, 6) is 0.0158. The normalized spacial score (nSPS) is 37.3. The van der Waals surface area contributed by atoms with Crippen molar-refractivity contribution in [2.24, 2.45) is 10.3 Å². The van der Waals surface area contributed by atoms with E-state index in [9.17, 15) is 9.59 Å². The zero-order valence-corrected chi connectivity index (χ0v) is 10.5. The summed E-state index contributed by atoms with van der Waals surface area (Å²) in [6.07, 6.45) is -1.04. The van der Waals surface area contributed by atoms with E-state index in [2.05, 4.69) is 10.3 Å². The first-order valence-corrected chi connectivity index (χ1v) is 5.98. The van der Waals surface area contributed by atoms with E-state index in [0.29, 0.717) is 6.42 Å². The number of hydrogen-bond donors (Lipinski definition) is 0. The molecule has 0 aliphatic carbocycles. The van der Waals surface area contributed by atoms with Gasteiger partial charge in [0.1, 0.15) is 23.8 Å². The van der Waals surface area contributed by atoms with Crippen LogP contribution >= 0.6 is 0 Å². The predicted octanol–water partition coefficient (Wildman–Crippen LogP) is 1.08. The standard InChI is InChI=1S/C11H15N3O4/c1-11(2,3)18-10(16)14-8-7(12-13-14)6-4-5(15)9(8)17-6/h6-9H,4H2,1-3H3/t6-,7+,8+,9-/m0/s1. The predicted molar refractivity (Wildman–Crippen MR) is 58.8 cm³/mol. The average Bonchev–Trinajstić information content (AvgIpc) is 2.82. The minimum atomic E-state index is -0.604. The molecule has 0 aromatic carbocycles. The number of carbonyl (C=O) groups excluding carboxylic acids is 2. The Morgan fingerprint density at radius 3 is 2.89 bits per heavy atom. The molecule has 3 rings (SSSR count). The Bertz CT molecular complexity index is 442. The highest BCUT2D eigenvalue weighted by Gasteiger charge is 2.60. The Labute approximate surface area is 104 Å². The molecular weight excluding hydrogens is 238 g/mol. The summed E-state index contributed by atoms with van der Waals surface area (Å²) in [6, 6.07) is -0.647. The number of amides is 1. The Hall–Kier alpha value is -1.50. The average molecular weight is 253 g/mol. The van der Waals surface area contributed by atoms with Gasteiger partial charge in [-0.3, -0.25) is 4.79 Å². The van der Waals surface area contributed by atoms with E-state index < -0.39 is 23.8 Å². The molecule has 18 heavy (non-hydrogen) atoms. The zero-order chi connectivity index (χ0) is 13.1. The fourth-order valence-corrected chi connectivity index (χ4v) is 2.56. The van der Waals surface area contributed by atoms with Gasteiger partial charge in [0, 0.05) is 6.42 Å². The quantitative estimate of drug-likeness (QED) is 0.647. The summed E-state index contributed by atoms with van der Waals surface area (Å²) < 4.78 is 10.7. The highest BCUT2D eigenvalue weighted by atomic mass is 16.6. The lowest BCUT2D eigenvalue weighted by atomic mass is 9.90. The van der Waals surface area contributed by atoms with E-state index in [-0.39, 0.29) is 17.9 Å². The van der Waals surface area contributed by atoms with Crippen LogP contribution < -0.4 is 0 Å². The Morgan fingerprint density at radius 1 is 1.50 bits per heavy atom. The van der Waals surface area contributed by atoms with Crippen LogP contribution in [0.5, 0.6) is 0 Å². The van der Waals surface area contributed by atoms with Crippen molar-refractivity contribution in [3.05, 3.63) is 0 Å². The van der Waals surface area contributed by atoms with Crippen LogP contribution in [-0.2, 0) is 14.3 Å². The summed E-state index contributed by atoms with van der Waals surface area (Å²) in [5, 5.41) is 9.00. The lowest BCUT2D eigenvalue weighted by Crippen LogP contribution is -2.50. The Balaban J connectivity index is 1.78. The fourth-order valence-electron chi connectivity index (χ4n) is 2.56. The van der Waals surface area contributed by atoms with Gasteiger partial charge in [-0.2, -0.15) is 10.1 Å². The van der Waals surface area contributed by atoms with Crippen LogP contribution in [0.15, 0.2) is 10.3 Å². The second kappa shape index (κ2) is 3.50. The zero-order valence-electron chi connectivity index (χ0n) is 10.5. The van der Waals surface area contributed by atoms with Crippen molar-refractivity contribution in [3.63, 3.8) is 0 Å². The van der Waals surface area contributed by atoms with Gasteiger partial charge < -0.3 is 9.47 Å². The summed E-state index contributed by atoms with van der Waals surface area (Å²) >= 11 is 0. The van der Waals surface area contributed by atoms with Crippen molar-refractivity contribution in [2.75, 3.05) is 0 Å². The molecule has 1 amide bonds. The molecule has 2 saturated heterocycles. The first-order chi connectivity index (χ1) is 8.37. The van der Waals surface area contributed by atoms with Crippen LogP contribution in [-0.4, -0.2) is 46.8 Å². The van der Waals surface area contributed by atoms with E-state index >= 15 is 0 Å². The molecule has 3 aliphatic rings. The summed E-state index contributed by atoms with van der Waals surface area (Å²) in [7, 11) is 0. The van der Waals surface area contributed by atoms with Gasteiger partial charge in [-0.25, -0.2) is 4.79 Å². The summed E-state index contributed by atoms with van der Waals surface area (Å²) in [4.78, 5) is 23.6. The molecule has 0 unspecified atom stereocenters. The minimum absolute atomic E-state index is 0.0158. The van der Waals surface area contributed by atoms with Crippen LogP contribution in [0, 0.1) is 0 Å². The molecule has 98 valence electrons. The van der Waals surface area contributed by atoms with Gasteiger partial charge in [0.15, 0.2) is 5.78 Å². The lowest BCUT2D eigenvalue weighted by Gasteiger charge is -2.27. The number of ether oxygens (including phenoxy) is 2. The van der Waals surface area contributed by atoms with Crippen LogP contribution in [0.25, 0.3) is 0 Å². The number of rotatable bonds is 0. The summed E-state index contributed by atoms with van der Waals surface area (Å²) in [6.45, 7) is 5.33. The van der Waals surface area contributed by atoms with Gasteiger partial charge >= 0.3 is 6.09 Å². The number of nitrogens with zero attached hydrogens (tertiary/aromatic N) is 3. The monoisotopic (exact) mass is 253 g/mol. The second-order valence-corrected chi connectivity index (χ2v) is 5.78. The maximum Gasteiger partial charge on any atom is 0.432 e. The van der Waals surface area contributed by atoms with Gasteiger partial charge in [-0.15, -0.1) is 0 Å². The Morgan fingerprint density at radius 2 is 2.22 bits per heavy atom. The van der Waals surface area contributed by atoms with E-state index in [1.807, 2.05) is 0 Å². The molecule has 0 aromatic heterocycles. The number of fused-ring (bicyclic) bond motifs is 5. The molecule has 3 aliphatic heterocycles. The van der Waals surface area contributed by atoms with E-state index in [1.165, 1.54) is 0 Å². The maximum absolute atomic E-state index is 12.0. The van der Waals surface area contributed by atoms with E-state index in [4.69, 9.17) is 9.47 Å². The number of carbonyl (C=O) groups is 2. The molecule has 3 heterocycles. The van der Waals surface area contributed by atoms with Crippen molar-refractivity contribution in [3.8, 4) is 0 Å². The summed E-state index contributed by atoms with van der Waals surface area (Å²) in [5.41, 5.74) is -0.604. The first-order valence-electron chi connectivity index (χ1n) is 5.98. The third-order valence-corrected chi connectivity index (χ3v) is 3.23. The van der Waals surface area contributed by atoms with Gasteiger partial charge in [0.2, 0.25) is 0 Å². The molecule has 0 N–H and O–H groups in total. The number of hydrogen-bond acceptors (Lipinski definition) is 6. The second-order valence-electron chi connectivity index (χ2n) is 5.78. The van der Waals surface area contributed by atoms with Crippen molar-refractivity contribution in [1.29, 1.82) is 0 Å². The van der Waals surface area contributed by atoms with Gasteiger partial charge in [-0.1, -0.05) is 5.22 Å². The van der Waals surface area contributed by atoms with Crippen molar-refractivity contribution < 1.29 is 19.1 Å². The molecule has 2 bridgehead atoms. The number of ketones is 1. The largest absolute Gasteiger partial charge is 0.442 e. The van der Waals surface area contributed by atoms with Crippen LogP contribution in [0.2, 0.25) is 0 Å². The molecule has 0 spiro atoms. The number of Topliss-reactive ketones (excluding diaryl/α,β-unsaturated/α-hetero) is 1. The van der Waals surface area contributed by atoms with E-state index in [0.717, 1.165) is 5.01 Å². The molecule has 0 saturated carbocycles. The van der Waals surface area contributed by atoms with E-state index in [1.54, 1.807) is 20.8 Å². The third-order valence-electron chi connectivity index (χ3n) is 3.23. The first kappa shape index (κ1) is 11.6. The molecule has 4 atom stereocenters. The SMILES string of the molecule is CC(C)(C)OC(=O)N1N=N[C@H]2[C@@H]1[C@H]1O[C@H]2CC1=O. The van der Waals surface area contributed by atoms with Gasteiger partial charge in [0.05, 0.1) is 6.10 Å². The maximum atomic E-state index is 12.0. The molecule has 0 radical (unpaired) electrons. The minimum Gasteiger partial charge on any atom is -0.442 e. The lowest BCUT2D eigenvalue weighted by molar-refractivity contribution is -0.123. The molecular formula is C11H15N3O4. The van der Waals surface area contributed by atoms with Gasteiger partial charge in [-0.05, 0) is 20.8 Å². The van der Waals surface area contributed by atoms with Crippen LogP contribution in [0.4, 0.5) is 4.79 Å². The Kier molecular flexibility index (Phi) is 2.25. The third kappa shape index (κ3) is 1.61. The molecule has 0 aromatic rings. The van der Waals surface area contributed by atoms with Crippen molar-refractivity contribution in [1.82, 2.24) is 5.01 Å². The molecule has 2 fully saturated rings. The highest BCUT2D eigenvalue weighted by Crippen LogP contribution is 2.41. The topological polar surface area (TPSA) is 80.6 Å². The fraction of sp³-hybridized carbons (Fsp3) is 0.818. The highest BCUT2D eigenvalue weighted by molar-refractivity contribution is 5.88. The van der Waals surface area contributed by atoms with Crippen molar-refractivity contribution in [2.45, 2.75) is 57.1 Å². The van der Waals surface area contributed by atoms with Crippen molar-refractivity contribution >= 4 is 11.9 Å². The molecule has 7 nitrogen and oxygen atoms in total. The smallest absolute Gasteiger partial charge is 0.432 e. The van der Waals surface area contributed by atoms with Crippen LogP contribution in [0.1, 0.15) is 27.2 Å². The van der Waals surface area contributed by atoms with Crippen LogP contribution in [0.3, 0.4) is 0 Å². The van der Waals surface area contributed by atoms with Gasteiger partial charge in [0.25, 0.3) is 0 Å².